The first-order valence-corrected chi connectivity index (χ1v) is 7.04. The summed E-state index contributed by atoms with van der Waals surface area (Å²) in [4.78, 5) is 4.23. The van der Waals surface area contributed by atoms with Gasteiger partial charge in [-0.25, -0.2) is 4.98 Å². The zero-order valence-corrected chi connectivity index (χ0v) is 11.1. The van der Waals surface area contributed by atoms with Crippen LogP contribution < -0.4 is 5.32 Å². The van der Waals surface area contributed by atoms with Crippen LogP contribution in [0.5, 0.6) is 0 Å². The van der Waals surface area contributed by atoms with E-state index in [2.05, 4.69) is 10.3 Å². The summed E-state index contributed by atoms with van der Waals surface area (Å²) in [5, 5.41) is 3.57. The molecule has 1 aliphatic heterocycles. The molecule has 4 heteroatoms. The number of rotatable bonds is 3. The van der Waals surface area contributed by atoms with E-state index in [9.17, 15) is 0 Å². The Morgan fingerprint density at radius 3 is 3.00 bits per heavy atom. The molecule has 1 unspecified atom stereocenters. The number of oxazole rings is 1. The van der Waals surface area contributed by atoms with Crippen LogP contribution in [0, 0.1) is 6.92 Å². The maximum atomic E-state index is 6.03. The topological polar surface area (TPSA) is 47.3 Å². The molecule has 1 aromatic rings. The number of nitrogens with zero attached hydrogens (tertiary/aromatic N) is 1. The van der Waals surface area contributed by atoms with E-state index in [0.717, 1.165) is 37.6 Å². The molecular formula is C14H22N2O2. The molecule has 1 saturated heterocycles. The van der Waals surface area contributed by atoms with E-state index in [0.29, 0.717) is 6.04 Å². The predicted molar refractivity (Wildman–Crippen MR) is 68.3 cm³/mol. The fourth-order valence-corrected chi connectivity index (χ4v) is 3.28. The number of hydrogen-bond donors (Lipinski definition) is 1. The minimum Gasteiger partial charge on any atom is -0.445 e. The maximum Gasteiger partial charge on any atom is 0.208 e. The van der Waals surface area contributed by atoms with Crippen LogP contribution in [0.25, 0.3) is 0 Å². The third-order valence-electron chi connectivity index (χ3n) is 4.22. The highest BCUT2D eigenvalue weighted by atomic mass is 16.5. The van der Waals surface area contributed by atoms with Gasteiger partial charge < -0.3 is 14.5 Å². The first-order valence-electron chi connectivity index (χ1n) is 7.04. The minimum absolute atomic E-state index is 0.183. The molecule has 0 amide bonds. The van der Waals surface area contributed by atoms with Gasteiger partial charge in [-0.3, -0.25) is 0 Å². The largest absolute Gasteiger partial charge is 0.445 e. The van der Waals surface area contributed by atoms with Crippen LogP contribution in [0.2, 0.25) is 0 Å². The molecule has 100 valence electrons. The van der Waals surface area contributed by atoms with E-state index in [1.54, 1.807) is 6.20 Å². The molecule has 1 atom stereocenters. The van der Waals surface area contributed by atoms with Crippen LogP contribution >= 0.6 is 0 Å². The van der Waals surface area contributed by atoms with Crippen molar-refractivity contribution in [3.63, 3.8) is 0 Å². The Morgan fingerprint density at radius 1 is 1.44 bits per heavy atom. The summed E-state index contributed by atoms with van der Waals surface area (Å²) in [7, 11) is 0. The fourth-order valence-electron chi connectivity index (χ4n) is 3.28. The molecule has 2 fully saturated rings. The van der Waals surface area contributed by atoms with Crippen molar-refractivity contribution in [2.75, 3.05) is 6.61 Å². The summed E-state index contributed by atoms with van der Waals surface area (Å²) < 4.78 is 11.5. The van der Waals surface area contributed by atoms with Crippen molar-refractivity contribution in [1.82, 2.24) is 10.3 Å². The summed E-state index contributed by atoms with van der Waals surface area (Å²) in [5.41, 5.74) is 0.183. The molecular weight excluding hydrogens is 228 g/mol. The number of hydrogen-bond acceptors (Lipinski definition) is 4. The smallest absolute Gasteiger partial charge is 0.208 e. The minimum atomic E-state index is 0.183. The Bertz CT molecular complexity index is 396. The maximum absolute atomic E-state index is 6.03. The highest BCUT2D eigenvalue weighted by Gasteiger charge is 2.39. The Morgan fingerprint density at radius 2 is 2.28 bits per heavy atom. The quantitative estimate of drug-likeness (QED) is 0.895. The van der Waals surface area contributed by atoms with Crippen molar-refractivity contribution in [3.05, 3.63) is 17.8 Å². The average Bonchev–Trinajstić information content (AvgIpc) is 2.97. The van der Waals surface area contributed by atoms with Crippen molar-refractivity contribution in [3.8, 4) is 0 Å². The van der Waals surface area contributed by atoms with Gasteiger partial charge >= 0.3 is 0 Å². The standard InChI is InChI=1S/C14H22N2O2/c1-11-9-16-13(18-11)10-15-12-4-7-17-14(8-12)5-2-3-6-14/h9,12,15H,2-8,10H2,1H3. The molecule has 1 aromatic heterocycles. The summed E-state index contributed by atoms with van der Waals surface area (Å²) in [6, 6.07) is 0.545. The third-order valence-corrected chi connectivity index (χ3v) is 4.22. The molecule has 2 heterocycles. The molecule has 0 bridgehead atoms. The molecule has 0 radical (unpaired) electrons. The lowest BCUT2D eigenvalue weighted by atomic mass is 9.89. The molecule has 1 spiro atoms. The number of ether oxygens (including phenoxy) is 1. The molecule has 1 aliphatic carbocycles. The number of aromatic nitrogens is 1. The SMILES string of the molecule is Cc1cnc(CNC2CCOC3(CCCC3)C2)o1. The van der Waals surface area contributed by atoms with Crippen LogP contribution in [0.4, 0.5) is 0 Å². The van der Waals surface area contributed by atoms with Gasteiger partial charge in [-0.2, -0.15) is 0 Å². The fraction of sp³-hybridized carbons (Fsp3) is 0.786. The van der Waals surface area contributed by atoms with Gasteiger partial charge in [-0.05, 0) is 32.6 Å². The first kappa shape index (κ1) is 12.2. The molecule has 1 saturated carbocycles. The van der Waals surface area contributed by atoms with Gasteiger partial charge in [0.05, 0.1) is 18.3 Å². The van der Waals surface area contributed by atoms with E-state index >= 15 is 0 Å². The highest BCUT2D eigenvalue weighted by Crippen LogP contribution is 2.39. The van der Waals surface area contributed by atoms with Crippen molar-refractivity contribution in [2.45, 2.75) is 63.6 Å². The van der Waals surface area contributed by atoms with E-state index in [4.69, 9.17) is 9.15 Å². The summed E-state index contributed by atoms with van der Waals surface area (Å²) >= 11 is 0. The number of nitrogens with one attached hydrogen (secondary N) is 1. The number of aryl methyl sites for hydroxylation is 1. The van der Waals surface area contributed by atoms with E-state index in [-0.39, 0.29) is 5.60 Å². The third kappa shape index (κ3) is 2.59. The Balaban J connectivity index is 1.53. The van der Waals surface area contributed by atoms with E-state index in [1.807, 2.05) is 6.92 Å². The van der Waals surface area contributed by atoms with Gasteiger partial charge in [-0.15, -0.1) is 0 Å². The molecule has 2 aliphatic rings. The second kappa shape index (κ2) is 5.02. The van der Waals surface area contributed by atoms with Gasteiger partial charge in [-0.1, -0.05) is 12.8 Å². The van der Waals surface area contributed by atoms with Crippen LogP contribution in [0.3, 0.4) is 0 Å². The summed E-state index contributed by atoms with van der Waals surface area (Å²) in [6.45, 7) is 3.55. The molecule has 4 nitrogen and oxygen atoms in total. The van der Waals surface area contributed by atoms with Gasteiger partial charge in [0, 0.05) is 12.6 Å². The van der Waals surface area contributed by atoms with Crippen LogP contribution in [0.1, 0.15) is 50.2 Å². The van der Waals surface area contributed by atoms with Crippen molar-refractivity contribution >= 4 is 0 Å². The van der Waals surface area contributed by atoms with Crippen molar-refractivity contribution in [2.24, 2.45) is 0 Å². The Labute approximate surface area is 108 Å². The summed E-state index contributed by atoms with van der Waals surface area (Å²) in [6.07, 6.45) is 9.15. The lowest BCUT2D eigenvalue weighted by Crippen LogP contribution is -2.45. The highest BCUT2D eigenvalue weighted by molar-refractivity contribution is 4.95. The summed E-state index contributed by atoms with van der Waals surface area (Å²) in [5.74, 6) is 1.67. The molecule has 1 N–H and O–H groups in total. The van der Waals surface area contributed by atoms with Crippen molar-refractivity contribution < 1.29 is 9.15 Å². The van der Waals surface area contributed by atoms with Crippen LogP contribution in [-0.2, 0) is 11.3 Å². The Hall–Kier alpha value is -0.870. The van der Waals surface area contributed by atoms with Crippen LogP contribution in [-0.4, -0.2) is 23.2 Å². The van der Waals surface area contributed by atoms with Crippen LogP contribution in [0.15, 0.2) is 10.6 Å². The zero-order chi connectivity index (χ0) is 12.4. The zero-order valence-electron chi connectivity index (χ0n) is 11.1. The first-order chi connectivity index (χ1) is 8.76. The Kier molecular flexibility index (Phi) is 3.39. The van der Waals surface area contributed by atoms with Gasteiger partial charge in [0.1, 0.15) is 5.76 Å². The molecule has 18 heavy (non-hydrogen) atoms. The average molecular weight is 250 g/mol. The van der Waals surface area contributed by atoms with Gasteiger partial charge in [0.25, 0.3) is 0 Å². The van der Waals surface area contributed by atoms with Crippen molar-refractivity contribution in [1.29, 1.82) is 0 Å². The van der Waals surface area contributed by atoms with Gasteiger partial charge in [0.15, 0.2) is 0 Å². The molecule has 0 aromatic carbocycles. The lowest BCUT2D eigenvalue weighted by molar-refractivity contribution is -0.0839. The monoisotopic (exact) mass is 250 g/mol. The van der Waals surface area contributed by atoms with E-state index in [1.165, 1.54) is 25.7 Å². The molecule has 3 rings (SSSR count). The lowest BCUT2D eigenvalue weighted by Gasteiger charge is -2.38. The second-order valence-electron chi connectivity index (χ2n) is 5.67. The predicted octanol–water partition coefficient (Wildman–Crippen LogP) is 2.56. The normalized spacial score (nSPS) is 26.8. The van der Waals surface area contributed by atoms with E-state index < -0.39 is 0 Å². The second-order valence-corrected chi connectivity index (χ2v) is 5.67. The van der Waals surface area contributed by atoms with Gasteiger partial charge in [0.2, 0.25) is 5.89 Å².